The first kappa shape index (κ1) is 27.0. The number of ether oxygens (including phenoxy) is 3. The summed E-state index contributed by atoms with van der Waals surface area (Å²) in [6.07, 6.45) is 4.09. The van der Waals surface area contributed by atoms with Crippen molar-refractivity contribution in [3.8, 4) is 5.75 Å². The largest absolute Gasteiger partial charge is 0.491 e. The predicted molar refractivity (Wildman–Crippen MR) is 132 cm³/mol. The van der Waals surface area contributed by atoms with Gasteiger partial charge in [0.25, 0.3) is 11.8 Å². The van der Waals surface area contributed by atoms with E-state index in [9.17, 15) is 14.4 Å². The molecule has 0 spiro atoms. The van der Waals surface area contributed by atoms with E-state index in [1.54, 1.807) is 42.2 Å². The molecule has 194 valence electrons. The summed E-state index contributed by atoms with van der Waals surface area (Å²) in [5, 5.41) is 2.71. The Morgan fingerprint density at radius 3 is 2.64 bits per heavy atom. The standard InChI is InChI=1S/C25H33N5O6/c1-16-12-30(25(33)20-11-26-8-9-27-20)17(2)14-36-21-7-6-18(28-23(31)15-34-4)10-19(21)24(32)29(3)13-22(16)35-5/h6-11,16-17,22H,12-15H2,1-5H3,(H,28,31)/t16-,17+,22+/m1/s1. The van der Waals surface area contributed by atoms with Crippen LogP contribution < -0.4 is 10.1 Å². The van der Waals surface area contributed by atoms with E-state index in [1.807, 2.05) is 13.8 Å². The van der Waals surface area contributed by atoms with Gasteiger partial charge in [-0.15, -0.1) is 0 Å². The van der Waals surface area contributed by atoms with Crippen molar-refractivity contribution in [1.82, 2.24) is 19.8 Å². The molecule has 3 atom stereocenters. The third-order valence-corrected chi connectivity index (χ3v) is 6.05. The second kappa shape index (κ2) is 12.4. The summed E-state index contributed by atoms with van der Waals surface area (Å²) in [7, 11) is 4.69. The smallest absolute Gasteiger partial charge is 0.274 e. The first-order chi connectivity index (χ1) is 17.2. The molecule has 0 fully saturated rings. The van der Waals surface area contributed by atoms with Crippen LogP contribution in [0, 0.1) is 5.92 Å². The van der Waals surface area contributed by atoms with Crippen molar-refractivity contribution in [2.75, 3.05) is 52.9 Å². The Morgan fingerprint density at radius 2 is 1.97 bits per heavy atom. The van der Waals surface area contributed by atoms with E-state index in [4.69, 9.17) is 14.2 Å². The van der Waals surface area contributed by atoms with Gasteiger partial charge in [-0.25, -0.2) is 4.98 Å². The van der Waals surface area contributed by atoms with E-state index in [1.165, 1.54) is 25.7 Å². The number of aromatic nitrogens is 2. The zero-order valence-electron chi connectivity index (χ0n) is 21.3. The lowest BCUT2D eigenvalue weighted by Crippen LogP contribution is -2.48. The maximum Gasteiger partial charge on any atom is 0.274 e. The van der Waals surface area contributed by atoms with Gasteiger partial charge in [0.2, 0.25) is 5.91 Å². The molecule has 1 aliphatic heterocycles. The van der Waals surface area contributed by atoms with Gasteiger partial charge in [0, 0.05) is 58.4 Å². The van der Waals surface area contributed by atoms with E-state index < -0.39 is 0 Å². The maximum atomic E-state index is 13.4. The van der Waals surface area contributed by atoms with Gasteiger partial charge in [-0.05, 0) is 25.1 Å². The number of hydrogen-bond donors (Lipinski definition) is 1. The molecular formula is C25H33N5O6. The minimum atomic E-state index is -0.347. The fourth-order valence-corrected chi connectivity index (χ4v) is 4.02. The number of amides is 3. The molecule has 36 heavy (non-hydrogen) atoms. The minimum Gasteiger partial charge on any atom is -0.491 e. The van der Waals surface area contributed by atoms with E-state index in [2.05, 4.69) is 15.3 Å². The summed E-state index contributed by atoms with van der Waals surface area (Å²) >= 11 is 0. The van der Waals surface area contributed by atoms with Gasteiger partial charge in [0.1, 0.15) is 24.7 Å². The van der Waals surface area contributed by atoms with Gasteiger partial charge < -0.3 is 29.3 Å². The fraction of sp³-hybridized carbons (Fsp3) is 0.480. The maximum absolute atomic E-state index is 13.4. The van der Waals surface area contributed by atoms with Gasteiger partial charge in [0.05, 0.1) is 23.9 Å². The van der Waals surface area contributed by atoms with E-state index >= 15 is 0 Å². The van der Waals surface area contributed by atoms with E-state index in [-0.39, 0.29) is 66.8 Å². The number of nitrogens with zero attached hydrogens (tertiary/aromatic N) is 4. The van der Waals surface area contributed by atoms with Crippen molar-refractivity contribution in [1.29, 1.82) is 0 Å². The van der Waals surface area contributed by atoms with Gasteiger partial charge >= 0.3 is 0 Å². The second-order valence-electron chi connectivity index (χ2n) is 8.84. The molecule has 11 heteroatoms. The van der Waals surface area contributed by atoms with Crippen LogP contribution in [0.15, 0.2) is 36.8 Å². The number of fused-ring (bicyclic) bond motifs is 1. The summed E-state index contributed by atoms with van der Waals surface area (Å²) in [5.41, 5.74) is 0.967. The molecule has 0 saturated carbocycles. The van der Waals surface area contributed by atoms with Crippen LogP contribution in [0.2, 0.25) is 0 Å². The summed E-state index contributed by atoms with van der Waals surface area (Å²) < 4.78 is 16.6. The van der Waals surface area contributed by atoms with E-state index in [0.717, 1.165) is 0 Å². The molecule has 3 amide bonds. The molecule has 0 saturated heterocycles. The number of methoxy groups -OCH3 is 2. The van der Waals surface area contributed by atoms with Gasteiger partial charge in [-0.1, -0.05) is 6.92 Å². The Morgan fingerprint density at radius 1 is 1.19 bits per heavy atom. The number of benzene rings is 1. The van der Waals surface area contributed by atoms with Crippen molar-refractivity contribution in [3.05, 3.63) is 48.0 Å². The van der Waals surface area contributed by atoms with Crippen LogP contribution in [-0.4, -0.2) is 97.2 Å². The van der Waals surface area contributed by atoms with Crippen molar-refractivity contribution < 1.29 is 28.6 Å². The third kappa shape index (κ3) is 6.55. The number of hydrogen-bond acceptors (Lipinski definition) is 8. The number of carbonyl (C=O) groups excluding carboxylic acids is 3. The topological polar surface area (TPSA) is 123 Å². The Balaban J connectivity index is 1.96. The third-order valence-electron chi connectivity index (χ3n) is 6.05. The molecule has 2 aromatic rings. The first-order valence-corrected chi connectivity index (χ1v) is 11.7. The average molecular weight is 500 g/mol. The van der Waals surface area contributed by atoms with Gasteiger partial charge in [-0.3, -0.25) is 19.4 Å². The Kier molecular flexibility index (Phi) is 9.31. The number of anilines is 1. The van der Waals surface area contributed by atoms with Crippen LogP contribution >= 0.6 is 0 Å². The Hall–Kier alpha value is -3.57. The lowest BCUT2D eigenvalue weighted by Gasteiger charge is -2.35. The molecule has 1 aliphatic rings. The Bertz CT molecular complexity index is 1070. The summed E-state index contributed by atoms with van der Waals surface area (Å²) in [5.74, 6) is -0.640. The molecule has 0 radical (unpaired) electrons. The van der Waals surface area contributed by atoms with Gasteiger partial charge in [-0.2, -0.15) is 0 Å². The van der Waals surface area contributed by atoms with Crippen LogP contribution in [0.5, 0.6) is 5.75 Å². The Labute approximate surface area is 210 Å². The highest BCUT2D eigenvalue weighted by Crippen LogP contribution is 2.26. The van der Waals surface area contributed by atoms with Crippen molar-refractivity contribution in [2.45, 2.75) is 26.0 Å². The number of likely N-dealkylation sites (N-methyl/N-ethyl adjacent to an activating group) is 1. The molecule has 1 aromatic carbocycles. The van der Waals surface area contributed by atoms with Crippen LogP contribution in [0.4, 0.5) is 5.69 Å². The lowest BCUT2D eigenvalue weighted by atomic mass is 10.0. The molecule has 11 nitrogen and oxygen atoms in total. The molecule has 1 N–H and O–H groups in total. The molecule has 2 heterocycles. The first-order valence-electron chi connectivity index (χ1n) is 11.7. The quantitative estimate of drug-likeness (QED) is 0.660. The van der Waals surface area contributed by atoms with Crippen molar-refractivity contribution in [2.24, 2.45) is 5.92 Å². The highest BCUT2D eigenvalue weighted by atomic mass is 16.5. The summed E-state index contributed by atoms with van der Waals surface area (Å²) in [4.78, 5) is 50.2. The number of rotatable bonds is 5. The van der Waals surface area contributed by atoms with Crippen LogP contribution in [0.25, 0.3) is 0 Å². The minimum absolute atomic E-state index is 0.105. The fourth-order valence-electron chi connectivity index (χ4n) is 4.02. The lowest BCUT2D eigenvalue weighted by molar-refractivity contribution is -0.119. The zero-order chi connectivity index (χ0) is 26.2. The molecule has 0 unspecified atom stereocenters. The average Bonchev–Trinajstić information content (AvgIpc) is 2.88. The molecule has 3 rings (SSSR count). The molecular weight excluding hydrogens is 466 g/mol. The predicted octanol–water partition coefficient (Wildman–Crippen LogP) is 1.71. The molecule has 1 aromatic heterocycles. The zero-order valence-corrected chi connectivity index (χ0v) is 21.3. The van der Waals surface area contributed by atoms with Crippen LogP contribution in [0.3, 0.4) is 0 Å². The van der Waals surface area contributed by atoms with Crippen molar-refractivity contribution >= 4 is 23.4 Å². The number of carbonyl (C=O) groups is 3. The van der Waals surface area contributed by atoms with Crippen LogP contribution in [-0.2, 0) is 14.3 Å². The summed E-state index contributed by atoms with van der Waals surface area (Å²) in [6.45, 7) is 4.54. The molecule has 0 bridgehead atoms. The second-order valence-corrected chi connectivity index (χ2v) is 8.84. The normalized spacial score (nSPS) is 21.0. The molecule has 0 aliphatic carbocycles. The highest BCUT2D eigenvalue weighted by Gasteiger charge is 2.31. The van der Waals surface area contributed by atoms with Gasteiger partial charge in [0.15, 0.2) is 0 Å². The van der Waals surface area contributed by atoms with Crippen LogP contribution in [0.1, 0.15) is 34.7 Å². The monoisotopic (exact) mass is 499 g/mol. The summed E-state index contributed by atoms with van der Waals surface area (Å²) in [6, 6.07) is 4.51. The van der Waals surface area contributed by atoms with Crippen molar-refractivity contribution in [3.63, 3.8) is 0 Å². The van der Waals surface area contributed by atoms with E-state index in [0.29, 0.717) is 18.0 Å². The highest BCUT2D eigenvalue weighted by molar-refractivity contribution is 5.99. The SMILES string of the molecule is COCC(=O)Nc1ccc2c(c1)C(=O)N(C)C[C@H](OC)[C@H](C)CN(C(=O)c1cnccn1)[C@@H](C)CO2. The number of nitrogens with one attached hydrogen (secondary N) is 1.